The van der Waals surface area contributed by atoms with Gasteiger partial charge in [-0.2, -0.15) is 0 Å². The lowest BCUT2D eigenvalue weighted by molar-refractivity contribution is 0.288. The molecule has 1 rings (SSSR count). The number of isocyanates is 3. The van der Waals surface area contributed by atoms with Crippen LogP contribution in [0.4, 0.5) is 0 Å². The van der Waals surface area contributed by atoms with Crippen LogP contribution in [0.15, 0.2) is 15.0 Å². The third-order valence-corrected chi connectivity index (χ3v) is 2.76. The molecule has 84 valence electrons. The quantitative estimate of drug-likeness (QED) is 0.512. The topological polar surface area (TPSA) is 88.3 Å². The molecule has 16 heavy (non-hydrogen) atoms. The van der Waals surface area contributed by atoms with Crippen LogP contribution in [0.2, 0.25) is 0 Å². The van der Waals surface area contributed by atoms with Gasteiger partial charge < -0.3 is 0 Å². The Morgan fingerprint density at radius 2 is 1.75 bits per heavy atom. The predicted molar refractivity (Wildman–Crippen MR) is 54.1 cm³/mol. The van der Waals surface area contributed by atoms with Gasteiger partial charge in [-0.3, -0.25) is 0 Å². The summed E-state index contributed by atoms with van der Waals surface area (Å²) in [5.41, 5.74) is 0. The highest BCUT2D eigenvalue weighted by Crippen LogP contribution is 2.28. The van der Waals surface area contributed by atoms with E-state index in [-0.39, 0.29) is 24.5 Å². The number of aliphatic imine (C=N–C) groups is 3. The largest absolute Gasteiger partial charge is 0.235 e. The number of carbonyl (C=O) groups excluding carboxylic acids is 3. The van der Waals surface area contributed by atoms with Crippen molar-refractivity contribution in [2.24, 2.45) is 20.9 Å². The highest BCUT2D eigenvalue weighted by Gasteiger charge is 2.30. The second-order valence-corrected chi connectivity index (χ2v) is 3.67. The van der Waals surface area contributed by atoms with Gasteiger partial charge in [-0.25, -0.2) is 29.4 Å². The smallest absolute Gasteiger partial charge is 0.211 e. The lowest BCUT2D eigenvalue weighted by Crippen LogP contribution is -2.31. The van der Waals surface area contributed by atoms with E-state index in [1.807, 2.05) is 0 Å². The summed E-state index contributed by atoms with van der Waals surface area (Å²) in [5, 5.41) is 0. The Morgan fingerprint density at radius 3 is 2.38 bits per heavy atom. The van der Waals surface area contributed by atoms with Crippen molar-refractivity contribution in [2.45, 2.75) is 31.3 Å². The molecule has 3 atom stereocenters. The summed E-state index contributed by atoms with van der Waals surface area (Å²) in [6, 6.07) is -0.296. The van der Waals surface area contributed by atoms with Crippen molar-refractivity contribution >= 4 is 18.2 Å². The molecular formula is C10H11N3O3. The Labute approximate surface area is 92.2 Å². The molecule has 0 aromatic heterocycles. The average molecular weight is 221 g/mol. The molecular weight excluding hydrogens is 210 g/mol. The summed E-state index contributed by atoms with van der Waals surface area (Å²) in [6.07, 6.45) is 6.40. The minimum Gasteiger partial charge on any atom is -0.211 e. The first-order valence-corrected chi connectivity index (χ1v) is 4.99. The van der Waals surface area contributed by atoms with Crippen molar-refractivity contribution in [2.75, 3.05) is 6.54 Å². The Kier molecular flexibility index (Phi) is 5.03. The molecule has 1 saturated carbocycles. The van der Waals surface area contributed by atoms with Crippen LogP contribution in [0.5, 0.6) is 0 Å². The van der Waals surface area contributed by atoms with E-state index in [2.05, 4.69) is 15.0 Å². The molecule has 0 N–H and O–H groups in total. The van der Waals surface area contributed by atoms with Gasteiger partial charge in [0.1, 0.15) is 0 Å². The van der Waals surface area contributed by atoms with Gasteiger partial charge in [-0.05, 0) is 19.3 Å². The summed E-state index contributed by atoms with van der Waals surface area (Å²) in [7, 11) is 0. The molecule has 1 aliphatic carbocycles. The van der Waals surface area contributed by atoms with Crippen molar-refractivity contribution in [3.63, 3.8) is 0 Å². The van der Waals surface area contributed by atoms with Crippen molar-refractivity contribution in [3.05, 3.63) is 0 Å². The number of rotatable bonds is 4. The molecule has 0 spiro atoms. The minimum atomic E-state index is -0.187. The Hall–Kier alpha value is -1.86. The molecule has 0 radical (unpaired) electrons. The van der Waals surface area contributed by atoms with Crippen LogP contribution in [0.3, 0.4) is 0 Å². The van der Waals surface area contributed by atoms with Gasteiger partial charge in [-0.1, -0.05) is 0 Å². The molecule has 1 fully saturated rings. The van der Waals surface area contributed by atoms with E-state index >= 15 is 0 Å². The maximum Gasteiger partial charge on any atom is 0.235 e. The summed E-state index contributed by atoms with van der Waals surface area (Å²) in [4.78, 5) is 41.2. The van der Waals surface area contributed by atoms with Crippen LogP contribution >= 0.6 is 0 Å². The third kappa shape index (κ3) is 3.37. The third-order valence-electron chi connectivity index (χ3n) is 2.76. The Bertz CT molecular complexity index is 377. The SMILES string of the molecule is O=C=NCC1CC(N=C=O)CCC1N=C=O. The van der Waals surface area contributed by atoms with Crippen molar-refractivity contribution in [1.82, 2.24) is 0 Å². The predicted octanol–water partition coefficient (Wildman–Crippen LogP) is 0.531. The van der Waals surface area contributed by atoms with E-state index in [1.165, 1.54) is 18.2 Å². The summed E-state index contributed by atoms with van der Waals surface area (Å²) < 4.78 is 0. The van der Waals surface area contributed by atoms with Gasteiger partial charge in [0, 0.05) is 5.92 Å². The molecule has 0 aromatic rings. The molecule has 0 saturated heterocycles. The average Bonchev–Trinajstić information content (AvgIpc) is 2.30. The monoisotopic (exact) mass is 221 g/mol. The lowest BCUT2D eigenvalue weighted by atomic mass is 9.82. The fourth-order valence-corrected chi connectivity index (χ4v) is 2.00. The van der Waals surface area contributed by atoms with Gasteiger partial charge in [0.15, 0.2) is 0 Å². The fraction of sp³-hybridized carbons (Fsp3) is 0.700. The second-order valence-electron chi connectivity index (χ2n) is 3.67. The van der Waals surface area contributed by atoms with Gasteiger partial charge in [0.2, 0.25) is 18.2 Å². The summed E-state index contributed by atoms with van der Waals surface area (Å²) in [6.45, 7) is 0.254. The highest BCUT2D eigenvalue weighted by atomic mass is 16.1. The van der Waals surface area contributed by atoms with E-state index in [9.17, 15) is 14.4 Å². The van der Waals surface area contributed by atoms with E-state index < -0.39 is 0 Å². The first-order chi connectivity index (χ1) is 7.81. The standard InChI is InChI=1S/C10H11N3O3/c14-5-11-4-8-3-9(12-6-15)1-2-10(8)13-7-16/h8-10H,1-4H2. The van der Waals surface area contributed by atoms with Gasteiger partial charge in [0.25, 0.3) is 0 Å². The highest BCUT2D eigenvalue weighted by molar-refractivity contribution is 5.35. The van der Waals surface area contributed by atoms with Gasteiger partial charge >= 0.3 is 0 Å². The molecule has 3 unspecified atom stereocenters. The van der Waals surface area contributed by atoms with Crippen LogP contribution in [0.1, 0.15) is 19.3 Å². The van der Waals surface area contributed by atoms with E-state index in [0.29, 0.717) is 19.3 Å². The zero-order chi connectivity index (χ0) is 11.8. The van der Waals surface area contributed by atoms with Gasteiger partial charge in [-0.15, -0.1) is 0 Å². The van der Waals surface area contributed by atoms with E-state index in [1.54, 1.807) is 0 Å². The summed E-state index contributed by atoms with van der Waals surface area (Å²) >= 11 is 0. The molecule has 0 heterocycles. The first kappa shape index (κ1) is 12.2. The zero-order valence-electron chi connectivity index (χ0n) is 8.63. The Balaban J connectivity index is 2.71. The zero-order valence-corrected chi connectivity index (χ0v) is 8.63. The maximum absolute atomic E-state index is 10.2. The lowest BCUT2D eigenvalue weighted by Gasteiger charge is -2.29. The van der Waals surface area contributed by atoms with Crippen molar-refractivity contribution in [3.8, 4) is 0 Å². The van der Waals surface area contributed by atoms with Crippen molar-refractivity contribution in [1.29, 1.82) is 0 Å². The van der Waals surface area contributed by atoms with Crippen LogP contribution in [-0.4, -0.2) is 36.9 Å². The molecule has 0 bridgehead atoms. The van der Waals surface area contributed by atoms with E-state index in [4.69, 9.17) is 0 Å². The minimum absolute atomic E-state index is 0.0567. The molecule has 6 heteroatoms. The number of hydrogen-bond donors (Lipinski definition) is 0. The fourth-order valence-electron chi connectivity index (χ4n) is 2.00. The molecule has 0 aromatic carbocycles. The number of hydrogen-bond acceptors (Lipinski definition) is 6. The maximum atomic E-state index is 10.2. The summed E-state index contributed by atoms with van der Waals surface area (Å²) in [5.74, 6) is -0.0567. The second kappa shape index (κ2) is 6.59. The number of nitrogens with zero attached hydrogens (tertiary/aromatic N) is 3. The van der Waals surface area contributed by atoms with Crippen LogP contribution in [-0.2, 0) is 14.4 Å². The van der Waals surface area contributed by atoms with E-state index in [0.717, 1.165) is 0 Å². The molecule has 0 aliphatic heterocycles. The first-order valence-electron chi connectivity index (χ1n) is 4.99. The molecule has 1 aliphatic rings. The van der Waals surface area contributed by atoms with Crippen LogP contribution in [0.25, 0.3) is 0 Å². The Morgan fingerprint density at radius 1 is 1.00 bits per heavy atom. The van der Waals surface area contributed by atoms with Crippen LogP contribution in [0, 0.1) is 5.92 Å². The van der Waals surface area contributed by atoms with Crippen LogP contribution < -0.4 is 0 Å². The molecule has 6 nitrogen and oxygen atoms in total. The molecule has 0 amide bonds. The van der Waals surface area contributed by atoms with Crippen molar-refractivity contribution < 1.29 is 14.4 Å². The van der Waals surface area contributed by atoms with Gasteiger partial charge in [0.05, 0.1) is 18.6 Å². The normalized spacial score (nSPS) is 28.1.